The van der Waals surface area contributed by atoms with Crippen LogP contribution in [-0.2, 0) is 11.2 Å². The molecule has 0 radical (unpaired) electrons. The maximum atomic E-state index is 12.2. The van der Waals surface area contributed by atoms with E-state index in [4.69, 9.17) is 0 Å². The average Bonchev–Trinajstić information content (AvgIpc) is 3.03. The third-order valence-corrected chi connectivity index (χ3v) is 4.90. The highest BCUT2D eigenvalue weighted by Crippen LogP contribution is 2.25. The van der Waals surface area contributed by atoms with E-state index >= 15 is 0 Å². The van der Waals surface area contributed by atoms with Crippen molar-refractivity contribution in [1.29, 1.82) is 0 Å². The van der Waals surface area contributed by atoms with Gasteiger partial charge in [0.1, 0.15) is 0 Å². The van der Waals surface area contributed by atoms with Crippen LogP contribution in [-0.4, -0.2) is 17.1 Å². The van der Waals surface area contributed by atoms with Gasteiger partial charge in [0.25, 0.3) is 0 Å². The number of para-hydroxylation sites is 2. The summed E-state index contributed by atoms with van der Waals surface area (Å²) in [6.07, 6.45) is 2.25. The lowest BCUT2D eigenvalue weighted by Crippen LogP contribution is -2.15. The van der Waals surface area contributed by atoms with Gasteiger partial charge in [0, 0.05) is 16.0 Å². The van der Waals surface area contributed by atoms with Crippen LogP contribution in [0.25, 0.3) is 0 Å². The van der Waals surface area contributed by atoms with Gasteiger partial charge >= 0.3 is 0 Å². The van der Waals surface area contributed by atoms with Crippen molar-refractivity contribution in [3.05, 3.63) is 65.7 Å². The Bertz CT molecular complexity index is 818. The second-order valence-corrected chi connectivity index (χ2v) is 6.77. The molecule has 4 nitrogen and oxygen atoms in total. The van der Waals surface area contributed by atoms with Gasteiger partial charge < -0.3 is 10.6 Å². The number of benzene rings is 2. The van der Waals surface area contributed by atoms with Gasteiger partial charge in [0.15, 0.2) is 5.13 Å². The Labute approximate surface area is 149 Å². The largest absolute Gasteiger partial charge is 0.332 e. The highest BCUT2D eigenvalue weighted by Gasteiger charge is 2.10. The molecule has 0 atom stereocenters. The highest BCUT2D eigenvalue weighted by molar-refractivity contribution is 7.98. The van der Waals surface area contributed by atoms with Crippen LogP contribution < -0.4 is 10.6 Å². The van der Waals surface area contributed by atoms with E-state index < -0.39 is 0 Å². The minimum atomic E-state index is -0.0620. The fourth-order valence-corrected chi connectivity index (χ4v) is 3.48. The number of rotatable bonds is 6. The number of anilines is 3. The van der Waals surface area contributed by atoms with Crippen molar-refractivity contribution in [2.75, 3.05) is 16.9 Å². The van der Waals surface area contributed by atoms with Crippen molar-refractivity contribution in [2.45, 2.75) is 11.3 Å². The number of amides is 1. The maximum absolute atomic E-state index is 12.2. The molecule has 3 rings (SSSR count). The first kappa shape index (κ1) is 16.5. The molecule has 0 aliphatic carbocycles. The number of carbonyl (C=O) groups is 1. The summed E-state index contributed by atoms with van der Waals surface area (Å²) in [6.45, 7) is 0. The molecule has 24 heavy (non-hydrogen) atoms. The van der Waals surface area contributed by atoms with Gasteiger partial charge in [0.2, 0.25) is 5.91 Å². The smallest absolute Gasteiger partial charge is 0.230 e. The number of carbonyl (C=O) groups excluding carboxylic acids is 1. The quantitative estimate of drug-likeness (QED) is 0.624. The summed E-state index contributed by atoms with van der Waals surface area (Å²) < 4.78 is 0. The fraction of sp³-hybridized carbons (Fsp3) is 0.111. The first-order valence-electron chi connectivity index (χ1n) is 7.44. The zero-order chi connectivity index (χ0) is 16.8. The highest BCUT2D eigenvalue weighted by atomic mass is 32.2. The Morgan fingerprint density at radius 1 is 1.12 bits per heavy atom. The third kappa shape index (κ3) is 4.37. The molecule has 6 heteroatoms. The van der Waals surface area contributed by atoms with Crippen molar-refractivity contribution in [1.82, 2.24) is 4.98 Å². The van der Waals surface area contributed by atoms with Crippen molar-refractivity contribution >= 4 is 45.5 Å². The summed E-state index contributed by atoms with van der Waals surface area (Å²) in [5.41, 5.74) is 2.59. The standard InChI is InChI=1S/C18H17N3OS2/c1-23-16-10-6-5-9-15(16)21-17(22)11-14-12-24-18(20-14)19-13-7-3-2-4-8-13/h2-10,12H,11H2,1H3,(H,19,20)(H,21,22). The Balaban J connectivity index is 1.61. The molecule has 1 aromatic heterocycles. The van der Waals surface area contributed by atoms with Crippen LogP contribution in [0.5, 0.6) is 0 Å². The topological polar surface area (TPSA) is 54.0 Å². The molecule has 0 aliphatic heterocycles. The summed E-state index contributed by atoms with van der Waals surface area (Å²) in [5.74, 6) is -0.0620. The van der Waals surface area contributed by atoms with Crippen LogP contribution in [0.2, 0.25) is 0 Å². The molecular weight excluding hydrogens is 338 g/mol. The number of thiazole rings is 1. The summed E-state index contributed by atoms with van der Waals surface area (Å²) in [5, 5.41) is 8.88. The summed E-state index contributed by atoms with van der Waals surface area (Å²) >= 11 is 3.10. The summed E-state index contributed by atoms with van der Waals surface area (Å²) in [6, 6.07) is 17.6. The van der Waals surface area contributed by atoms with Crippen molar-refractivity contribution in [2.24, 2.45) is 0 Å². The molecule has 3 aromatic rings. The van der Waals surface area contributed by atoms with Gasteiger partial charge in [-0.15, -0.1) is 23.1 Å². The Kier molecular flexibility index (Phi) is 5.51. The Morgan fingerprint density at radius 2 is 1.88 bits per heavy atom. The lowest BCUT2D eigenvalue weighted by Gasteiger charge is -2.08. The lowest BCUT2D eigenvalue weighted by molar-refractivity contribution is -0.115. The molecule has 0 unspecified atom stereocenters. The van der Waals surface area contributed by atoms with Gasteiger partial charge in [-0.25, -0.2) is 4.98 Å². The van der Waals surface area contributed by atoms with E-state index in [1.54, 1.807) is 11.8 Å². The van der Waals surface area contributed by atoms with E-state index in [-0.39, 0.29) is 12.3 Å². The SMILES string of the molecule is CSc1ccccc1NC(=O)Cc1csc(Nc2ccccc2)n1. The second-order valence-electron chi connectivity index (χ2n) is 5.06. The predicted octanol–water partition coefficient (Wildman–Crippen LogP) is 4.79. The van der Waals surface area contributed by atoms with E-state index in [1.165, 1.54) is 11.3 Å². The third-order valence-electron chi connectivity index (χ3n) is 3.30. The molecule has 1 amide bonds. The number of hydrogen-bond donors (Lipinski definition) is 2. The first-order chi connectivity index (χ1) is 11.7. The number of thioether (sulfide) groups is 1. The van der Waals surface area contributed by atoms with E-state index in [2.05, 4.69) is 15.6 Å². The van der Waals surface area contributed by atoms with Crippen LogP contribution in [0.1, 0.15) is 5.69 Å². The number of aromatic nitrogens is 1. The molecule has 2 aromatic carbocycles. The second kappa shape index (κ2) is 7.99. The van der Waals surface area contributed by atoms with Crippen molar-refractivity contribution in [3.8, 4) is 0 Å². The first-order valence-corrected chi connectivity index (χ1v) is 9.54. The molecule has 0 fully saturated rings. The van der Waals surface area contributed by atoms with Gasteiger partial charge in [-0.05, 0) is 30.5 Å². The average molecular weight is 355 g/mol. The Morgan fingerprint density at radius 3 is 2.67 bits per heavy atom. The lowest BCUT2D eigenvalue weighted by atomic mass is 10.3. The van der Waals surface area contributed by atoms with Gasteiger partial charge in [-0.3, -0.25) is 4.79 Å². The van der Waals surface area contributed by atoms with Crippen molar-refractivity contribution < 1.29 is 4.79 Å². The normalized spacial score (nSPS) is 10.4. The number of nitrogens with one attached hydrogen (secondary N) is 2. The zero-order valence-electron chi connectivity index (χ0n) is 13.2. The van der Waals surface area contributed by atoms with E-state index in [9.17, 15) is 4.79 Å². The monoisotopic (exact) mass is 355 g/mol. The van der Waals surface area contributed by atoms with Crippen LogP contribution in [0.3, 0.4) is 0 Å². The van der Waals surface area contributed by atoms with Crippen molar-refractivity contribution in [3.63, 3.8) is 0 Å². The molecule has 2 N–H and O–H groups in total. The van der Waals surface area contributed by atoms with E-state index in [0.29, 0.717) is 0 Å². The van der Waals surface area contributed by atoms with Gasteiger partial charge in [-0.1, -0.05) is 30.3 Å². The maximum Gasteiger partial charge on any atom is 0.230 e. The van der Waals surface area contributed by atoms with Gasteiger partial charge in [-0.2, -0.15) is 0 Å². The van der Waals surface area contributed by atoms with Crippen LogP contribution in [0, 0.1) is 0 Å². The Hall–Kier alpha value is -2.31. The molecule has 0 saturated carbocycles. The zero-order valence-corrected chi connectivity index (χ0v) is 14.8. The van der Waals surface area contributed by atoms with E-state index in [0.717, 1.165) is 27.1 Å². The molecule has 0 spiro atoms. The minimum Gasteiger partial charge on any atom is -0.332 e. The van der Waals surface area contributed by atoms with Crippen LogP contribution in [0.4, 0.5) is 16.5 Å². The molecule has 0 bridgehead atoms. The minimum absolute atomic E-state index is 0.0620. The number of nitrogens with zero attached hydrogens (tertiary/aromatic N) is 1. The fourth-order valence-electron chi connectivity index (χ4n) is 2.20. The molecule has 1 heterocycles. The van der Waals surface area contributed by atoms with Crippen LogP contribution >= 0.6 is 23.1 Å². The molecule has 122 valence electrons. The number of hydrogen-bond acceptors (Lipinski definition) is 5. The predicted molar refractivity (Wildman–Crippen MR) is 102 cm³/mol. The molecular formula is C18H17N3OS2. The molecule has 0 aliphatic rings. The van der Waals surface area contributed by atoms with Gasteiger partial charge in [0.05, 0.1) is 17.8 Å². The van der Waals surface area contributed by atoms with E-state index in [1.807, 2.05) is 66.2 Å². The summed E-state index contributed by atoms with van der Waals surface area (Å²) in [4.78, 5) is 17.8. The molecule has 0 saturated heterocycles. The summed E-state index contributed by atoms with van der Waals surface area (Å²) in [7, 11) is 0. The van der Waals surface area contributed by atoms with Crippen LogP contribution in [0.15, 0.2) is 64.9 Å².